The number of carbonyl (C=O) groups is 1. The van der Waals surface area contributed by atoms with Crippen LogP contribution in [0.4, 0.5) is 0 Å². The Labute approximate surface area is 122 Å². The number of nitrogens with two attached hydrogens (primary N) is 1. The van der Waals surface area contributed by atoms with Crippen LogP contribution in [-0.2, 0) is 4.79 Å². The standard InChI is InChI=1S/C13H28N2OS.ClH/c1-4-6-7-11(5-2)10-15-13(16)12(14)8-9-17-3;/h11-12H,4-10,14H2,1-3H3,(H,15,16);1H/t11?,12-;/m0./s1. The van der Waals surface area contributed by atoms with Crippen LogP contribution in [0.2, 0.25) is 0 Å². The lowest BCUT2D eigenvalue weighted by atomic mass is 9.99. The van der Waals surface area contributed by atoms with Gasteiger partial charge in [0.2, 0.25) is 5.91 Å². The maximum absolute atomic E-state index is 11.7. The second-order valence-electron chi connectivity index (χ2n) is 4.55. The summed E-state index contributed by atoms with van der Waals surface area (Å²) in [6.07, 6.45) is 7.58. The Balaban J connectivity index is 0. The van der Waals surface area contributed by atoms with Crippen molar-refractivity contribution in [3.63, 3.8) is 0 Å². The zero-order valence-corrected chi connectivity index (χ0v) is 13.5. The molecule has 0 aliphatic heterocycles. The van der Waals surface area contributed by atoms with Crippen LogP contribution in [0.1, 0.15) is 46.0 Å². The van der Waals surface area contributed by atoms with Crippen LogP contribution >= 0.6 is 24.2 Å². The summed E-state index contributed by atoms with van der Waals surface area (Å²) in [6, 6.07) is -0.342. The number of hydrogen-bond donors (Lipinski definition) is 2. The molecule has 0 aliphatic carbocycles. The molecule has 110 valence electrons. The highest BCUT2D eigenvalue weighted by Crippen LogP contribution is 2.11. The molecule has 0 radical (unpaired) electrons. The van der Waals surface area contributed by atoms with Crippen molar-refractivity contribution < 1.29 is 4.79 Å². The molecular formula is C13H29ClN2OS. The van der Waals surface area contributed by atoms with Crippen molar-refractivity contribution in [3.05, 3.63) is 0 Å². The molecule has 3 N–H and O–H groups in total. The zero-order chi connectivity index (χ0) is 13.1. The van der Waals surface area contributed by atoms with Gasteiger partial charge in [0.15, 0.2) is 0 Å². The van der Waals surface area contributed by atoms with E-state index in [1.54, 1.807) is 11.8 Å². The quantitative estimate of drug-likeness (QED) is 0.652. The van der Waals surface area contributed by atoms with Gasteiger partial charge in [0.05, 0.1) is 6.04 Å². The summed E-state index contributed by atoms with van der Waals surface area (Å²) in [7, 11) is 0. The second-order valence-corrected chi connectivity index (χ2v) is 5.54. The molecule has 0 rings (SSSR count). The summed E-state index contributed by atoms with van der Waals surface area (Å²) < 4.78 is 0. The largest absolute Gasteiger partial charge is 0.354 e. The first-order chi connectivity index (χ1) is 8.15. The Morgan fingerprint density at radius 3 is 2.50 bits per heavy atom. The fourth-order valence-corrected chi connectivity index (χ4v) is 2.18. The Bertz CT molecular complexity index is 205. The van der Waals surface area contributed by atoms with Crippen molar-refractivity contribution in [2.24, 2.45) is 11.7 Å². The van der Waals surface area contributed by atoms with Gasteiger partial charge in [-0.25, -0.2) is 0 Å². The molecule has 1 amide bonds. The summed E-state index contributed by atoms with van der Waals surface area (Å²) in [5.74, 6) is 1.56. The van der Waals surface area contributed by atoms with E-state index in [0.717, 1.165) is 25.1 Å². The van der Waals surface area contributed by atoms with Crippen LogP contribution in [0.5, 0.6) is 0 Å². The number of unbranched alkanes of at least 4 members (excludes halogenated alkanes) is 1. The molecule has 0 aromatic heterocycles. The van der Waals surface area contributed by atoms with Crippen LogP contribution in [0.15, 0.2) is 0 Å². The van der Waals surface area contributed by atoms with E-state index < -0.39 is 0 Å². The predicted molar refractivity (Wildman–Crippen MR) is 84.5 cm³/mol. The van der Waals surface area contributed by atoms with E-state index >= 15 is 0 Å². The van der Waals surface area contributed by atoms with Crippen LogP contribution < -0.4 is 11.1 Å². The number of nitrogens with one attached hydrogen (secondary N) is 1. The smallest absolute Gasteiger partial charge is 0.236 e. The van der Waals surface area contributed by atoms with Crippen molar-refractivity contribution in [2.45, 2.75) is 52.0 Å². The Kier molecular flexibility index (Phi) is 15.3. The van der Waals surface area contributed by atoms with Crippen LogP contribution in [-0.4, -0.2) is 30.5 Å². The molecule has 0 aromatic rings. The third-order valence-corrected chi connectivity index (χ3v) is 3.72. The van der Waals surface area contributed by atoms with E-state index in [9.17, 15) is 4.79 Å². The Morgan fingerprint density at radius 2 is 2.00 bits per heavy atom. The number of hydrogen-bond acceptors (Lipinski definition) is 3. The molecule has 1 unspecified atom stereocenters. The lowest BCUT2D eigenvalue weighted by Gasteiger charge is -2.17. The first-order valence-corrected chi connectivity index (χ1v) is 8.07. The molecule has 2 atom stereocenters. The van der Waals surface area contributed by atoms with E-state index in [-0.39, 0.29) is 24.4 Å². The van der Waals surface area contributed by atoms with Crippen molar-refractivity contribution >= 4 is 30.1 Å². The minimum absolute atomic E-state index is 0. The zero-order valence-electron chi connectivity index (χ0n) is 11.9. The molecule has 5 heteroatoms. The maximum Gasteiger partial charge on any atom is 0.236 e. The molecule has 0 bridgehead atoms. The molecule has 0 fully saturated rings. The third-order valence-electron chi connectivity index (χ3n) is 3.08. The van der Waals surface area contributed by atoms with Gasteiger partial charge in [-0.05, 0) is 30.8 Å². The second kappa shape index (κ2) is 13.5. The molecular weight excluding hydrogens is 268 g/mol. The van der Waals surface area contributed by atoms with Crippen LogP contribution in [0.3, 0.4) is 0 Å². The van der Waals surface area contributed by atoms with Crippen molar-refractivity contribution in [1.29, 1.82) is 0 Å². The molecule has 18 heavy (non-hydrogen) atoms. The number of halogens is 1. The molecule has 0 spiro atoms. The first-order valence-electron chi connectivity index (χ1n) is 6.67. The van der Waals surface area contributed by atoms with Crippen LogP contribution in [0, 0.1) is 5.92 Å². The predicted octanol–water partition coefficient (Wildman–Crippen LogP) is 2.82. The number of rotatable bonds is 10. The molecule has 0 heterocycles. The first kappa shape index (κ1) is 20.4. The summed E-state index contributed by atoms with van der Waals surface area (Å²) in [5.41, 5.74) is 5.81. The Morgan fingerprint density at radius 1 is 1.33 bits per heavy atom. The fraction of sp³-hybridized carbons (Fsp3) is 0.923. The summed E-state index contributed by atoms with van der Waals surface area (Å²) in [5, 5.41) is 2.98. The highest BCUT2D eigenvalue weighted by Gasteiger charge is 2.14. The van der Waals surface area contributed by atoms with Gasteiger partial charge in [-0.3, -0.25) is 4.79 Å². The fourth-order valence-electron chi connectivity index (χ4n) is 1.70. The van der Waals surface area contributed by atoms with Gasteiger partial charge in [-0.2, -0.15) is 11.8 Å². The van der Waals surface area contributed by atoms with Gasteiger partial charge < -0.3 is 11.1 Å². The topological polar surface area (TPSA) is 55.1 Å². The van der Waals surface area contributed by atoms with Gasteiger partial charge in [0.25, 0.3) is 0 Å². The SMILES string of the molecule is CCCCC(CC)CNC(=O)[C@@H](N)CCSC.Cl. The number of amides is 1. The molecule has 0 aliphatic rings. The average Bonchev–Trinajstić information content (AvgIpc) is 2.35. The maximum atomic E-state index is 11.7. The average molecular weight is 297 g/mol. The van der Waals surface area contributed by atoms with Gasteiger partial charge in [0.1, 0.15) is 0 Å². The summed E-state index contributed by atoms with van der Waals surface area (Å²) in [6.45, 7) is 5.16. The monoisotopic (exact) mass is 296 g/mol. The van der Waals surface area contributed by atoms with E-state index in [0.29, 0.717) is 5.92 Å². The third kappa shape index (κ3) is 10.0. The molecule has 0 saturated heterocycles. The van der Waals surface area contributed by atoms with Crippen molar-refractivity contribution in [1.82, 2.24) is 5.32 Å². The molecule has 0 aromatic carbocycles. The highest BCUT2D eigenvalue weighted by molar-refractivity contribution is 7.98. The highest BCUT2D eigenvalue weighted by atomic mass is 35.5. The number of thioether (sulfide) groups is 1. The minimum Gasteiger partial charge on any atom is -0.354 e. The van der Waals surface area contributed by atoms with E-state index in [4.69, 9.17) is 5.73 Å². The number of carbonyl (C=O) groups excluding carboxylic acids is 1. The van der Waals surface area contributed by atoms with Gasteiger partial charge in [-0.15, -0.1) is 12.4 Å². The molecule has 0 saturated carbocycles. The summed E-state index contributed by atoms with van der Waals surface area (Å²) in [4.78, 5) is 11.7. The Hall–Kier alpha value is 0.0700. The van der Waals surface area contributed by atoms with E-state index in [2.05, 4.69) is 19.2 Å². The van der Waals surface area contributed by atoms with E-state index in [1.165, 1.54) is 19.3 Å². The van der Waals surface area contributed by atoms with Crippen LogP contribution in [0.25, 0.3) is 0 Å². The van der Waals surface area contributed by atoms with Crippen molar-refractivity contribution in [2.75, 3.05) is 18.6 Å². The normalized spacial score (nSPS) is 13.6. The van der Waals surface area contributed by atoms with Gasteiger partial charge >= 0.3 is 0 Å². The molecule has 3 nitrogen and oxygen atoms in total. The van der Waals surface area contributed by atoms with Gasteiger partial charge in [-0.1, -0.05) is 33.1 Å². The van der Waals surface area contributed by atoms with Gasteiger partial charge in [0, 0.05) is 6.54 Å². The van der Waals surface area contributed by atoms with E-state index in [1.807, 2.05) is 6.26 Å². The lowest BCUT2D eigenvalue weighted by Crippen LogP contribution is -2.42. The summed E-state index contributed by atoms with van der Waals surface area (Å²) >= 11 is 1.73. The minimum atomic E-state index is -0.342. The lowest BCUT2D eigenvalue weighted by molar-refractivity contribution is -0.122. The van der Waals surface area contributed by atoms with Crippen molar-refractivity contribution in [3.8, 4) is 0 Å².